The van der Waals surface area contributed by atoms with Crippen molar-refractivity contribution in [3.05, 3.63) is 46.4 Å². The largest absolute Gasteiger partial charge is 0.347 e. The standard InChI is InChI=1S/C9H9N5O2/c15-8-2-1-6(13-14-8)9(16)12-5-7-10-3-4-11-7/h1-4H,5H2,(H,10,11)(H,12,16)(H,14,15). The summed E-state index contributed by atoms with van der Waals surface area (Å²) < 4.78 is 0. The molecule has 0 aromatic carbocycles. The van der Waals surface area contributed by atoms with Gasteiger partial charge in [-0.3, -0.25) is 9.59 Å². The van der Waals surface area contributed by atoms with Crippen LogP contribution in [0.2, 0.25) is 0 Å². The number of aromatic nitrogens is 4. The molecule has 2 aromatic heterocycles. The minimum absolute atomic E-state index is 0.158. The Labute approximate surface area is 89.9 Å². The highest BCUT2D eigenvalue weighted by molar-refractivity contribution is 5.91. The SMILES string of the molecule is O=C(NCc1ncc[nH]1)c1ccc(=O)[nH]n1. The van der Waals surface area contributed by atoms with Crippen LogP contribution in [0.15, 0.2) is 29.3 Å². The highest BCUT2D eigenvalue weighted by Gasteiger charge is 2.06. The first-order chi connectivity index (χ1) is 7.75. The van der Waals surface area contributed by atoms with Crippen molar-refractivity contribution in [1.82, 2.24) is 25.5 Å². The highest BCUT2D eigenvalue weighted by Crippen LogP contribution is 1.91. The van der Waals surface area contributed by atoms with Crippen LogP contribution in [-0.4, -0.2) is 26.1 Å². The minimum Gasteiger partial charge on any atom is -0.347 e. The van der Waals surface area contributed by atoms with E-state index >= 15 is 0 Å². The van der Waals surface area contributed by atoms with Crippen molar-refractivity contribution in [2.45, 2.75) is 6.54 Å². The van der Waals surface area contributed by atoms with E-state index in [1.165, 1.54) is 12.1 Å². The lowest BCUT2D eigenvalue weighted by atomic mass is 10.3. The zero-order valence-corrected chi connectivity index (χ0v) is 8.23. The third kappa shape index (κ3) is 2.32. The van der Waals surface area contributed by atoms with Crippen LogP contribution in [0, 0.1) is 0 Å². The fraction of sp³-hybridized carbons (Fsp3) is 0.111. The van der Waals surface area contributed by atoms with Crippen LogP contribution in [0.4, 0.5) is 0 Å². The first-order valence-electron chi connectivity index (χ1n) is 4.58. The first kappa shape index (κ1) is 10.1. The van der Waals surface area contributed by atoms with Crippen molar-refractivity contribution in [3.8, 4) is 0 Å². The Morgan fingerprint density at radius 3 is 2.94 bits per heavy atom. The number of hydrogen-bond acceptors (Lipinski definition) is 4. The molecule has 1 amide bonds. The van der Waals surface area contributed by atoms with E-state index in [9.17, 15) is 9.59 Å². The molecule has 0 radical (unpaired) electrons. The van der Waals surface area contributed by atoms with Crippen LogP contribution in [-0.2, 0) is 6.54 Å². The summed E-state index contributed by atoms with van der Waals surface area (Å²) in [5.41, 5.74) is -0.186. The molecule has 0 atom stereocenters. The molecular formula is C9H9N5O2. The Morgan fingerprint density at radius 1 is 1.44 bits per heavy atom. The number of rotatable bonds is 3. The number of aromatic amines is 2. The Kier molecular flexibility index (Phi) is 2.77. The lowest BCUT2D eigenvalue weighted by Crippen LogP contribution is -2.25. The van der Waals surface area contributed by atoms with Gasteiger partial charge < -0.3 is 10.3 Å². The van der Waals surface area contributed by atoms with Crippen LogP contribution >= 0.6 is 0 Å². The van der Waals surface area contributed by atoms with E-state index in [1.807, 2.05) is 0 Å². The monoisotopic (exact) mass is 219 g/mol. The normalized spacial score (nSPS) is 10.0. The third-order valence-electron chi connectivity index (χ3n) is 1.88. The Bertz CT molecular complexity index is 511. The number of nitrogens with one attached hydrogen (secondary N) is 3. The van der Waals surface area contributed by atoms with Gasteiger partial charge in [0, 0.05) is 18.5 Å². The van der Waals surface area contributed by atoms with Crippen molar-refractivity contribution in [1.29, 1.82) is 0 Å². The quantitative estimate of drug-likeness (QED) is 0.642. The summed E-state index contributed by atoms with van der Waals surface area (Å²) in [4.78, 5) is 29.0. The lowest BCUT2D eigenvalue weighted by Gasteiger charge is -2.01. The van der Waals surface area contributed by atoms with Gasteiger partial charge in [0.2, 0.25) is 0 Å². The molecule has 3 N–H and O–H groups in total. The van der Waals surface area contributed by atoms with E-state index in [2.05, 4.69) is 25.5 Å². The van der Waals surface area contributed by atoms with Crippen molar-refractivity contribution in [2.75, 3.05) is 0 Å². The van der Waals surface area contributed by atoms with Gasteiger partial charge in [0.1, 0.15) is 11.5 Å². The Morgan fingerprint density at radius 2 is 2.31 bits per heavy atom. The topological polar surface area (TPSA) is 104 Å². The zero-order valence-electron chi connectivity index (χ0n) is 8.23. The highest BCUT2D eigenvalue weighted by atomic mass is 16.2. The van der Waals surface area contributed by atoms with Crippen molar-refractivity contribution >= 4 is 5.91 Å². The molecule has 7 heteroatoms. The van der Waals surface area contributed by atoms with Gasteiger partial charge in [-0.2, -0.15) is 5.10 Å². The average molecular weight is 219 g/mol. The molecule has 0 bridgehead atoms. The van der Waals surface area contributed by atoms with Crippen LogP contribution in [0.5, 0.6) is 0 Å². The second-order valence-corrected chi connectivity index (χ2v) is 3.02. The fourth-order valence-corrected chi connectivity index (χ4v) is 1.12. The van der Waals surface area contributed by atoms with E-state index < -0.39 is 0 Å². The maximum atomic E-state index is 11.5. The van der Waals surface area contributed by atoms with Gasteiger partial charge in [-0.1, -0.05) is 0 Å². The maximum absolute atomic E-state index is 11.5. The smallest absolute Gasteiger partial charge is 0.272 e. The zero-order chi connectivity index (χ0) is 11.4. The number of amides is 1. The molecule has 2 rings (SSSR count). The average Bonchev–Trinajstić information content (AvgIpc) is 2.80. The molecule has 0 saturated heterocycles. The van der Waals surface area contributed by atoms with Gasteiger partial charge in [-0.15, -0.1) is 0 Å². The van der Waals surface area contributed by atoms with Crippen molar-refractivity contribution < 1.29 is 4.79 Å². The van der Waals surface area contributed by atoms with Crippen LogP contribution in [0.1, 0.15) is 16.3 Å². The van der Waals surface area contributed by atoms with Gasteiger partial charge in [0.15, 0.2) is 0 Å². The van der Waals surface area contributed by atoms with E-state index in [0.29, 0.717) is 5.82 Å². The predicted octanol–water partition coefficient (Wildman–Crippen LogP) is -0.577. The van der Waals surface area contributed by atoms with Gasteiger partial charge >= 0.3 is 0 Å². The number of hydrogen-bond donors (Lipinski definition) is 3. The van der Waals surface area contributed by atoms with Crippen LogP contribution in [0.25, 0.3) is 0 Å². The van der Waals surface area contributed by atoms with E-state index in [1.54, 1.807) is 12.4 Å². The molecule has 2 heterocycles. The summed E-state index contributed by atoms with van der Waals surface area (Å²) >= 11 is 0. The van der Waals surface area contributed by atoms with E-state index in [-0.39, 0.29) is 23.7 Å². The summed E-state index contributed by atoms with van der Waals surface area (Å²) in [7, 11) is 0. The number of carbonyl (C=O) groups excluding carboxylic acids is 1. The molecule has 82 valence electrons. The second-order valence-electron chi connectivity index (χ2n) is 3.02. The lowest BCUT2D eigenvalue weighted by molar-refractivity contribution is 0.0944. The minimum atomic E-state index is -0.368. The second kappa shape index (κ2) is 4.39. The van der Waals surface area contributed by atoms with Gasteiger partial charge in [0.05, 0.1) is 6.54 Å². The van der Waals surface area contributed by atoms with Gasteiger partial charge in [-0.05, 0) is 6.07 Å². The maximum Gasteiger partial charge on any atom is 0.272 e. The summed E-state index contributed by atoms with van der Waals surface area (Å²) in [6.45, 7) is 0.284. The van der Waals surface area contributed by atoms with Gasteiger partial charge in [0.25, 0.3) is 11.5 Å². The molecule has 0 aliphatic heterocycles. The summed E-state index contributed by atoms with van der Waals surface area (Å²) in [5, 5.41) is 8.39. The Hall–Kier alpha value is -2.44. The van der Waals surface area contributed by atoms with Crippen molar-refractivity contribution in [3.63, 3.8) is 0 Å². The molecule has 0 fully saturated rings. The van der Waals surface area contributed by atoms with Crippen LogP contribution < -0.4 is 10.9 Å². The molecule has 0 saturated carbocycles. The van der Waals surface area contributed by atoms with E-state index in [0.717, 1.165) is 0 Å². The van der Waals surface area contributed by atoms with E-state index in [4.69, 9.17) is 0 Å². The first-order valence-corrected chi connectivity index (χ1v) is 4.58. The fourth-order valence-electron chi connectivity index (χ4n) is 1.12. The van der Waals surface area contributed by atoms with Gasteiger partial charge in [-0.25, -0.2) is 10.1 Å². The predicted molar refractivity (Wildman–Crippen MR) is 54.6 cm³/mol. The molecule has 7 nitrogen and oxygen atoms in total. The molecule has 0 aliphatic rings. The number of carbonyl (C=O) groups is 1. The molecule has 0 unspecified atom stereocenters. The summed E-state index contributed by atoms with van der Waals surface area (Å²) in [5.74, 6) is 0.283. The molecule has 2 aromatic rings. The molecular weight excluding hydrogens is 210 g/mol. The molecule has 0 aliphatic carbocycles. The molecule has 0 spiro atoms. The van der Waals surface area contributed by atoms with Crippen molar-refractivity contribution in [2.24, 2.45) is 0 Å². The summed E-state index contributed by atoms with van der Waals surface area (Å²) in [6.07, 6.45) is 3.26. The summed E-state index contributed by atoms with van der Waals surface area (Å²) in [6, 6.07) is 2.60. The molecule has 16 heavy (non-hydrogen) atoms. The number of H-pyrrole nitrogens is 2. The Balaban J connectivity index is 1.98. The number of imidazole rings is 1. The van der Waals surface area contributed by atoms with Crippen LogP contribution in [0.3, 0.4) is 0 Å². The third-order valence-corrected chi connectivity index (χ3v) is 1.88. The number of nitrogens with zero attached hydrogens (tertiary/aromatic N) is 2.